The average Bonchev–Trinajstić information content (AvgIpc) is 2.79. The first-order valence-electron chi connectivity index (χ1n) is 11.5. The van der Waals surface area contributed by atoms with Crippen LogP contribution in [-0.2, 0) is 16.6 Å². The Morgan fingerprint density at radius 1 is 0.969 bits per heavy atom. The molecule has 0 bridgehead atoms. The summed E-state index contributed by atoms with van der Waals surface area (Å²) in [5.74, 6) is -0.0936. The van der Waals surface area contributed by atoms with Crippen LogP contribution in [0, 0.1) is 6.92 Å². The number of hydrogen-bond acceptors (Lipinski definition) is 4. The molecule has 6 nitrogen and oxygen atoms in total. The summed E-state index contributed by atoms with van der Waals surface area (Å²) in [7, 11) is -3.59. The number of piperazine rings is 1. The molecule has 0 saturated carbocycles. The van der Waals surface area contributed by atoms with E-state index in [-0.39, 0.29) is 16.8 Å². The number of piperidine rings is 1. The molecule has 2 aliphatic heterocycles. The smallest absolute Gasteiger partial charge is 0.253 e. The molecule has 0 spiro atoms. The van der Waals surface area contributed by atoms with Gasteiger partial charge in [-0.1, -0.05) is 42.3 Å². The molecule has 0 N–H and O–H groups in total. The number of aryl methyl sites for hydroxylation is 1. The van der Waals surface area contributed by atoms with Gasteiger partial charge in [0, 0.05) is 50.9 Å². The molecule has 2 aromatic carbocycles. The molecule has 0 aliphatic carbocycles. The second-order valence-corrected chi connectivity index (χ2v) is 10.9. The zero-order valence-electron chi connectivity index (χ0n) is 19.0. The minimum atomic E-state index is -3.59. The summed E-state index contributed by atoms with van der Waals surface area (Å²) in [5, 5.41) is 0. The topological polar surface area (TPSA) is 60.9 Å². The fourth-order valence-electron chi connectivity index (χ4n) is 4.71. The molecule has 2 aromatic rings. The van der Waals surface area contributed by atoms with Crippen molar-refractivity contribution in [1.29, 1.82) is 0 Å². The fourth-order valence-corrected chi connectivity index (χ4v) is 6.46. The molecule has 4 rings (SSSR count). The van der Waals surface area contributed by atoms with Crippen LogP contribution >= 0.6 is 0 Å². The third kappa shape index (κ3) is 5.05. The maximum Gasteiger partial charge on any atom is 0.253 e. The van der Waals surface area contributed by atoms with Gasteiger partial charge in [0.1, 0.15) is 0 Å². The van der Waals surface area contributed by atoms with Crippen molar-refractivity contribution in [1.82, 2.24) is 14.1 Å². The van der Waals surface area contributed by atoms with E-state index in [1.165, 1.54) is 11.1 Å². The zero-order valence-corrected chi connectivity index (χ0v) is 19.9. The first-order valence-corrected chi connectivity index (χ1v) is 13.0. The van der Waals surface area contributed by atoms with Crippen LogP contribution in [0.15, 0.2) is 53.4 Å². The van der Waals surface area contributed by atoms with Gasteiger partial charge in [-0.15, -0.1) is 0 Å². The Labute approximate surface area is 191 Å². The summed E-state index contributed by atoms with van der Waals surface area (Å²) in [4.78, 5) is 17.5. The number of carbonyl (C=O) groups is 1. The maximum absolute atomic E-state index is 13.2. The van der Waals surface area contributed by atoms with Crippen molar-refractivity contribution in [3.63, 3.8) is 0 Å². The predicted molar refractivity (Wildman–Crippen MR) is 126 cm³/mol. The van der Waals surface area contributed by atoms with Crippen LogP contribution in [0.25, 0.3) is 0 Å². The second-order valence-electron chi connectivity index (χ2n) is 9.05. The normalized spacial score (nSPS) is 20.9. The molecule has 1 atom stereocenters. The number of nitrogens with zero attached hydrogens (tertiary/aromatic N) is 3. The van der Waals surface area contributed by atoms with Gasteiger partial charge in [0.05, 0.1) is 4.90 Å². The van der Waals surface area contributed by atoms with Crippen LogP contribution in [0.5, 0.6) is 0 Å². The van der Waals surface area contributed by atoms with Gasteiger partial charge in [-0.05, 0) is 50.5 Å². The van der Waals surface area contributed by atoms with Crippen LogP contribution in [0.3, 0.4) is 0 Å². The van der Waals surface area contributed by atoms with E-state index in [9.17, 15) is 13.2 Å². The first kappa shape index (κ1) is 23.0. The first-order chi connectivity index (χ1) is 15.3. The number of amides is 1. The van der Waals surface area contributed by atoms with E-state index in [0.717, 1.165) is 38.9 Å². The molecule has 2 saturated heterocycles. The number of sulfonamides is 1. The standard InChI is InChI=1S/C25H33N3O3S/c1-20-7-5-9-22(17-20)19-26-13-15-27(16-14-26)25(29)23-10-6-11-24(18-23)32(30,31)28-12-4-3-8-21(28)2/h5-7,9-11,17-18,21H,3-4,8,12-16,19H2,1-2H3. The van der Waals surface area contributed by atoms with Crippen molar-refractivity contribution >= 4 is 15.9 Å². The Hall–Kier alpha value is -2.22. The van der Waals surface area contributed by atoms with Crippen molar-refractivity contribution in [2.75, 3.05) is 32.7 Å². The van der Waals surface area contributed by atoms with Gasteiger partial charge < -0.3 is 4.90 Å². The van der Waals surface area contributed by atoms with Crippen molar-refractivity contribution < 1.29 is 13.2 Å². The lowest BCUT2D eigenvalue weighted by Crippen LogP contribution is -2.48. The summed E-state index contributed by atoms with van der Waals surface area (Å²) >= 11 is 0. The Morgan fingerprint density at radius 3 is 2.44 bits per heavy atom. The molecule has 1 unspecified atom stereocenters. The largest absolute Gasteiger partial charge is 0.336 e. The molecule has 172 valence electrons. The molecule has 0 aromatic heterocycles. The van der Waals surface area contributed by atoms with Crippen LogP contribution < -0.4 is 0 Å². The molecule has 0 radical (unpaired) electrons. The molecule has 2 heterocycles. The monoisotopic (exact) mass is 455 g/mol. The maximum atomic E-state index is 13.2. The van der Waals surface area contributed by atoms with E-state index >= 15 is 0 Å². The van der Waals surface area contributed by atoms with Crippen LogP contribution in [-0.4, -0.2) is 67.2 Å². The highest BCUT2D eigenvalue weighted by molar-refractivity contribution is 7.89. The predicted octanol–water partition coefficient (Wildman–Crippen LogP) is 3.52. The molecule has 1 amide bonds. The summed E-state index contributed by atoms with van der Waals surface area (Å²) in [5.41, 5.74) is 2.99. The lowest BCUT2D eigenvalue weighted by molar-refractivity contribution is 0.0628. The van der Waals surface area contributed by atoms with Crippen molar-refractivity contribution in [2.45, 2.75) is 50.6 Å². The Balaban J connectivity index is 1.41. The van der Waals surface area contributed by atoms with Gasteiger partial charge in [0.25, 0.3) is 5.91 Å². The average molecular weight is 456 g/mol. The summed E-state index contributed by atoms with van der Waals surface area (Å²) in [6, 6.07) is 15.1. The summed E-state index contributed by atoms with van der Waals surface area (Å²) in [6.45, 7) is 8.39. The van der Waals surface area contributed by atoms with Gasteiger partial charge in [0.15, 0.2) is 0 Å². The van der Waals surface area contributed by atoms with Gasteiger partial charge in [0.2, 0.25) is 10.0 Å². The Morgan fingerprint density at radius 2 is 1.72 bits per heavy atom. The van der Waals surface area contributed by atoms with Crippen molar-refractivity contribution in [2.24, 2.45) is 0 Å². The fraction of sp³-hybridized carbons (Fsp3) is 0.480. The SMILES string of the molecule is Cc1cccc(CN2CCN(C(=O)c3cccc(S(=O)(=O)N4CCCCC4C)c3)CC2)c1. The van der Waals surface area contributed by atoms with E-state index in [1.807, 2.05) is 11.8 Å². The summed E-state index contributed by atoms with van der Waals surface area (Å²) in [6.07, 6.45) is 2.82. The third-order valence-electron chi connectivity index (χ3n) is 6.58. The molecular weight excluding hydrogens is 422 g/mol. The molecular formula is C25H33N3O3S. The number of hydrogen-bond donors (Lipinski definition) is 0. The Bertz CT molecular complexity index is 1060. The van der Waals surface area contributed by atoms with Crippen molar-refractivity contribution in [3.05, 3.63) is 65.2 Å². The van der Waals surface area contributed by atoms with Crippen LogP contribution in [0.2, 0.25) is 0 Å². The Kier molecular flexibility index (Phi) is 6.98. The summed E-state index contributed by atoms with van der Waals surface area (Å²) < 4.78 is 28.0. The number of benzene rings is 2. The number of carbonyl (C=O) groups excluding carboxylic acids is 1. The van der Waals surface area contributed by atoms with E-state index in [1.54, 1.807) is 28.6 Å². The highest BCUT2D eigenvalue weighted by Gasteiger charge is 2.31. The molecule has 2 aliphatic rings. The van der Waals surface area contributed by atoms with Gasteiger partial charge in [-0.25, -0.2) is 8.42 Å². The highest BCUT2D eigenvalue weighted by Crippen LogP contribution is 2.26. The third-order valence-corrected chi connectivity index (χ3v) is 8.59. The quantitative estimate of drug-likeness (QED) is 0.692. The van der Waals surface area contributed by atoms with Crippen LogP contribution in [0.1, 0.15) is 47.7 Å². The molecule has 7 heteroatoms. The van der Waals surface area contributed by atoms with Crippen molar-refractivity contribution in [3.8, 4) is 0 Å². The highest BCUT2D eigenvalue weighted by atomic mass is 32.2. The van der Waals surface area contributed by atoms with E-state index in [2.05, 4.69) is 36.1 Å². The minimum absolute atomic E-state index is 0.00501. The second kappa shape index (κ2) is 9.73. The van der Waals surface area contributed by atoms with E-state index in [0.29, 0.717) is 25.2 Å². The van der Waals surface area contributed by atoms with E-state index < -0.39 is 10.0 Å². The lowest BCUT2D eigenvalue weighted by Gasteiger charge is -2.35. The molecule has 32 heavy (non-hydrogen) atoms. The van der Waals surface area contributed by atoms with Crippen LogP contribution in [0.4, 0.5) is 0 Å². The minimum Gasteiger partial charge on any atom is -0.336 e. The van der Waals surface area contributed by atoms with Gasteiger partial charge >= 0.3 is 0 Å². The lowest BCUT2D eigenvalue weighted by atomic mass is 10.1. The van der Waals surface area contributed by atoms with E-state index in [4.69, 9.17) is 0 Å². The molecule has 2 fully saturated rings. The zero-order chi connectivity index (χ0) is 22.7. The van der Waals surface area contributed by atoms with Gasteiger partial charge in [-0.3, -0.25) is 9.69 Å². The van der Waals surface area contributed by atoms with Gasteiger partial charge in [-0.2, -0.15) is 4.31 Å². The number of rotatable bonds is 5.